The van der Waals surface area contributed by atoms with Crippen LogP contribution in [0.2, 0.25) is 0 Å². The van der Waals surface area contributed by atoms with Gasteiger partial charge in [-0.25, -0.2) is 9.37 Å². The summed E-state index contributed by atoms with van der Waals surface area (Å²) in [6, 6.07) is 6.31. The predicted molar refractivity (Wildman–Crippen MR) is 106 cm³/mol. The van der Waals surface area contributed by atoms with Gasteiger partial charge in [-0.1, -0.05) is 0 Å². The normalized spacial score (nSPS) is 21.0. The number of carbonyl (C=O) groups is 1. The van der Waals surface area contributed by atoms with Crippen molar-refractivity contribution in [3.05, 3.63) is 40.7 Å². The summed E-state index contributed by atoms with van der Waals surface area (Å²) in [5.74, 6) is -0.361. The molecule has 5 nitrogen and oxygen atoms in total. The number of amides is 1. The lowest BCUT2D eigenvalue weighted by atomic mass is 9.89. The molecule has 1 aliphatic carbocycles. The molecule has 0 spiro atoms. The van der Waals surface area contributed by atoms with Gasteiger partial charge in [0.1, 0.15) is 10.8 Å². The summed E-state index contributed by atoms with van der Waals surface area (Å²) in [5.41, 5.74) is 7.39. The number of halogens is 2. The van der Waals surface area contributed by atoms with Crippen molar-refractivity contribution >= 4 is 29.7 Å². The molecule has 1 atom stereocenters. The average Bonchev–Trinajstić information content (AvgIpc) is 3.08. The minimum absolute atomic E-state index is 0. The standard InChI is InChI=1S/C19H22FN3O2S.ClH/c20-13-6-4-12(5-7-13)17-22-14-2-1-3-15(16(14)26-17)23-18(24)19(21)8-10-25-11-9-19;/h4-7,15H,1-3,8-11,21H2,(H,23,24);1H. The van der Waals surface area contributed by atoms with Crippen LogP contribution in [0.5, 0.6) is 0 Å². The molecule has 1 saturated heterocycles. The van der Waals surface area contributed by atoms with Gasteiger partial charge >= 0.3 is 0 Å². The van der Waals surface area contributed by atoms with Crippen molar-refractivity contribution in [3.63, 3.8) is 0 Å². The number of benzene rings is 1. The minimum atomic E-state index is -0.847. The van der Waals surface area contributed by atoms with Crippen LogP contribution in [-0.4, -0.2) is 29.6 Å². The number of fused-ring (bicyclic) bond motifs is 1. The van der Waals surface area contributed by atoms with E-state index in [2.05, 4.69) is 5.32 Å². The molecule has 1 aromatic carbocycles. The molecule has 1 aliphatic heterocycles. The van der Waals surface area contributed by atoms with Gasteiger partial charge in [0.15, 0.2) is 0 Å². The molecule has 2 aromatic rings. The largest absolute Gasteiger partial charge is 0.381 e. The quantitative estimate of drug-likeness (QED) is 0.811. The van der Waals surface area contributed by atoms with Gasteiger partial charge in [-0.05, 0) is 56.4 Å². The Balaban J connectivity index is 0.00000210. The molecule has 1 aromatic heterocycles. The van der Waals surface area contributed by atoms with Gasteiger partial charge in [-0.15, -0.1) is 23.7 Å². The predicted octanol–water partition coefficient (Wildman–Crippen LogP) is 3.37. The van der Waals surface area contributed by atoms with Crippen LogP contribution in [0.1, 0.15) is 42.3 Å². The lowest BCUT2D eigenvalue weighted by Crippen LogP contribution is -2.57. The zero-order valence-electron chi connectivity index (χ0n) is 14.9. The zero-order chi connectivity index (χ0) is 18.1. The van der Waals surface area contributed by atoms with Crippen molar-refractivity contribution < 1.29 is 13.9 Å². The molecule has 3 N–H and O–H groups in total. The molecular weight excluding hydrogens is 389 g/mol. The molecule has 1 amide bonds. The molecule has 2 heterocycles. The fourth-order valence-corrected chi connectivity index (χ4v) is 4.74. The molecule has 2 aliphatic rings. The van der Waals surface area contributed by atoms with Crippen molar-refractivity contribution in [3.8, 4) is 10.6 Å². The Kier molecular flexibility index (Phi) is 6.15. The Morgan fingerprint density at radius 3 is 2.70 bits per heavy atom. The SMILES string of the molecule is Cl.NC1(C(=O)NC2CCCc3nc(-c4ccc(F)cc4)sc32)CCOCC1. The van der Waals surface area contributed by atoms with Crippen LogP contribution < -0.4 is 11.1 Å². The number of thiazole rings is 1. The Labute approximate surface area is 167 Å². The van der Waals surface area contributed by atoms with Gasteiger partial charge < -0.3 is 15.8 Å². The van der Waals surface area contributed by atoms with Crippen LogP contribution in [0.4, 0.5) is 4.39 Å². The smallest absolute Gasteiger partial charge is 0.240 e. The van der Waals surface area contributed by atoms with Crippen molar-refractivity contribution in [2.24, 2.45) is 5.73 Å². The van der Waals surface area contributed by atoms with E-state index in [9.17, 15) is 9.18 Å². The second kappa shape index (κ2) is 8.22. The van der Waals surface area contributed by atoms with E-state index in [-0.39, 0.29) is 30.2 Å². The first-order chi connectivity index (χ1) is 12.5. The maximum atomic E-state index is 13.2. The third-order valence-electron chi connectivity index (χ3n) is 5.18. The lowest BCUT2D eigenvalue weighted by molar-refractivity contribution is -0.130. The third kappa shape index (κ3) is 4.16. The number of aromatic nitrogens is 1. The van der Waals surface area contributed by atoms with Gasteiger partial charge in [-0.2, -0.15) is 0 Å². The Morgan fingerprint density at radius 2 is 2.00 bits per heavy atom. The van der Waals surface area contributed by atoms with Crippen molar-refractivity contribution in [2.75, 3.05) is 13.2 Å². The monoisotopic (exact) mass is 411 g/mol. The number of carbonyl (C=O) groups excluding carboxylic acids is 1. The Morgan fingerprint density at radius 1 is 1.30 bits per heavy atom. The summed E-state index contributed by atoms with van der Waals surface area (Å²) in [7, 11) is 0. The first-order valence-corrected chi connectivity index (χ1v) is 9.80. The molecule has 0 saturated carbocycles. The highest BCUT2D eigenvalue weighted by Gasteiger charge is 2.38. The molecule has 0 bridgehead atoms. The number of hydrogen-bond acceptors (Lipinski definition) is 5. The van der Waals surface area contributed by atoms with Crippen molar-refractivity contribution in [2.45, 2.75) is 43.7 Å². The van der Waals surface area contributed by atoms with Crippen LogP contribution in [0.3, 0.4) is 0 Å². The molecule has 8 heteroatoms. The van der Waals surface area contributed by atoms with E-state index < -0.39 is 5.54 Å². The van der Waals surface area contributed by atoms with Crippen molar-refractivity contribution in [1.29, 1.82) is 0 Å². The van der Waals surface area contributed by atoms with Crippen LogP contribution in [0.25, 0.3) is 10.6 Å². The van der Waals surface area contributed by atoms with E-state index in [0.29, 0.717) is 26.1 Å². The summed E-state index contributed by atoms with van der Waals surface area (Å²) in [5, 5.41) is 4.02. The van der Waals surface area contributed by atoms with Gasteiger partial charge in [0, 0.05) is 18.8 Å². The second-order valence-electron chi connectivity index (χ2n) is 7.02. The summed E-state index contributed by atoms with van der Waals surface area (Å²) >= 11 is 1.58. The number of ether oxygens (including phenoxy) is 1. The Hall–Kier alpha value is -1.54. The number of hydrogen-bond donors (Lipinski definition) is 2. The van der Waals surface area contributed by atoms with Gasteiger partial charge in [-0.3, -0.25) is 4.79 Å². The first-order valence-electron chi connectivity index (χ1n) is 8.98. The topological polar surface area (TPSA) is 77.2 Å². The fourth-order valence-electron chi connectivity index (χ4n) is 3.54. The third-order valence-corrected chi connectivity index (χ3v) is 6.44. The van der Waals surface area contributed by atoms with Crippen LogP contribution in [0, 0.1) is 5.82 Å². The fraction of sp³-hybridized carbons (Fsp3) is 0.474. The molecule has 1 fully saturated rings. The average molecular weight is 412 g/mol. The van der Waals surface area contributed by atoms with E-state index in [1.165, 1.54) is 12.1 Å². The molecule has 1 unspecified atom stereocenters. The molecular formula is C19H23ClFN3O2S. The van der Waals surface area contributed by atoms with E-state index in [1.807, 2.05) is 0 Å². The highest BCUT2D eigenvalue weighted by Crippen LogP contribution is 2.38. The minimum Gasteiger partial charge on any atom is -0.381 e. The zero-order valence-corrected chi connectivity index (χ0v) is 16.5. The lowest BCUT2D eigenvalue weighted by Gasteiger charge is -2.34. The Bertz CT molecular complexity index is 806. The van der Waals surface area contributed by atoms with Crippen LogP contribution >= 0.6 is 23.7 Å². The van der Waals surface area contributed by atoms with Gasteiger partial charge in [0.2, 0.25) is 5.91 Å². The number of nitrogens with two attached hydrogens (primary N) is 1. The summed E-state index contributed by atoms with van der Waals surface area (Å²) < 4.78 is 18.5. The van der Waals surface area contributed by atoms with Gasteiger partial charge in [0.25, 0.3) is 0 Å². The summed E-state index contributed by atoms with van der Waals surface area (Å²) in [4.78, 5) is 18.6. The maximum absolute atomic E-state index is 13.2. The van der Waals surface area contributed by atoms with Crippen LogP contribution in [0.15, 0.2) is 24.3 Å². The number of rotatable bonds is 3. The molecule has 146 valence electrons. The van der Waals surface area contributed by atoms with E-state index in [0.717, 1.165) is 40.4 Å². The maximum Gasteiger partial charge on any atom is 0.240 e. The molecule has 0 radical (unpaired) electrons. The van der Waals surface area contributed by atoms with E-state index in [4.69, 9.17) is 15.5 Å². The van der Waals surface area contributed by atoms with Crippen molar-refractivity contribution in [1.82, 2.24) is 10.3 Å². The highest BCUT2D eigenvalue weighted by atomic mass is 35.5. The van der Waals surface area contributed by atoms with E-state index >= 15 is 0 Å². The highest BCUT2D eigenvalue weighted by molar-refractivity contribution is 7.15. The molecule has 4 rings (SSSR count). The summed E-state index contributed by atoms with van der Waals surface area (Å²) in [6.07, 6.45) is 3.85. The second-order valence-corrected chi connectivity index (χ2v) is 8.05. The molecule has 27 heavy (non-hydrogen) atoms. The number of nitrogens with zero attached hydrogens (tertiary/aromatic N) is 1. The summed E-state index contributed by atoms with van der Waals surface area (Å²) in [6.45, 7) is 1.05. The van der Waals surface area contributed by atoms with Crippen LogP contribution in [-0.2, 0) is 16.0 Å². The van der Waals surface area contributed by atoms with Gasteiger partial charge in [0.05, 0.1) is 22.2 Å². The number of aryl methyl sites for hydroxylation is 1. The first kappa shape index (κ1) is 20.2. The number of nitrogens with one attached hydrogen (secondary N) is 1. The van der Waals surface area contributed by atoms with E-state index in [1.54, 1.807) is 23.5 Å².